The third kappa shape index (κ3) is 4.86. The second-order valence-electron chi connectivity index (χ2n) is 3.88. The van der Waals surface area contributed by atoms with Crippen LogP contribution in [0.1, 0.15) is 0 Å². The first kappa shape index (κ1) is 17.2. The molecule has 1 aliphatic heterocycles. The summed E-state index contributed by atoms with van der Waals surface area (Å²) in [4.78, 5) is 6.84. The molecule has 2 N–H and O–H groups in total. The zero-order chi connectivity index (χ0) is 12.8. The molecule has 0 aliphatic carbocycles. The van der Waals surface area contributed by atoms with Gasteiger partial charge in [0.1, 0.15) is 5.75 Å². The Morgan fingerprint density at radius 1 is 1.32 bits per heavy atom. The van der Waals surface area contributed by atoms with Crippen molar-refractivity contribution in [3.8, 4) is 5.75 Å². The molecule has 19 heavy (non-hydrogen) atoms. The molecule has 1 saturated heterocycles. The number of hydrogen-bond acceptors (Lipinski definition) is 7. The van der Waals surface area contributed by atoms with Crippen molar-refractivity contribution in [3.63, 3.8) is 0 Å². The molecule has 0 radical (unpaired) electrons. The summed E-state index contributed by atoms with van der Waals surface area (Å²) in [5.74, 6) is 0.842. The molecule has 1 aromatic carbocycles. The van der Waals surface area contributed by atoms with Gasteiger partial charge < -0.3 is 15.0 Å². The number of benzene rings is 1. The summed E-state index contributed by atoms with van der Waals surface area (Å²) in [6, 6.07) is 5.69. The number of hydrogen-bond donors (Lipinski definition) is 3. The third-order valence-electron chi connectivity index (χ3n) is 2.83. The van der Waals surface area contributed by atoms with Crippen LogP contribution in [-0.2, 0) is 9.32 Å². The summed E-state index contributed by atoms with van der Waals surface area (Å²) in [7, 11) is 1.67. The standard InChI is InChI=1S/C11H17N3O3S.Ar/c1-15-11-3-2-9(13-16-17-18)8-10(11)14-6-4-12-5-7-14;/h2-3,8,12-13,18H,4-7H2,1H3;. The predicted octanol–water partition coefficient (Wildman–Crippen LogP) is 1.22. The predicted molar refractivity (Wildman–Crippen MR) is 72.9 cm³/mol. The Kier molecular flexibility index (Phi) is 8.24. The smallest absolute Gasteiger partial charge is 0.142 e. The molecular formula is C11H17ArN3O3S. The van der Waals surface area contributed by atoms with Gasteiger partial charge in [-0.1, -0.05) is 0 Å². The molecule has 0 unspecified atom stereocenters. The van der Waals surface area contributed by atoms with E-state index in [0.717, 1.165) is 43.3 Å². The normalized spacial score (nSPS) is 14.7. The Labute approximate surface area is 148 Å². The van der Waals surface area contributed by atoms with Crippen LogP contribution in [0.3, 0.4) is 0 Å². The Balaban J connectivity index is 0.00000180. The first-order chi connectivity index (χ1) is 8.85. The second kappa shape index (κ2) is 9.12. The summed E-state index contributed by atoms with van der Waals surface area (Å²) >= 11 is 3.49. The molecule has 0 amide bonds. The van der Waals surface area contributed by atoms with Crippen LogP contribution in [0.5, 0.6) is 5.75 Å². The zero-order valence-electron chi connectivity index (χ0n) is 10.5. The van der Waals surface area contributed by atoms with E-state index in [2.05, 4.69) is 37.9 Å². The average Bonchev–Trinajstić information content (AvgIpc) is 2.45. The SMILES string of the molecule is COc1ccc(NOOS)cc1N1CCNCC1.[Ar]. The average molecular weight is 311 g/mol. The van der Waals surface area contributed by atoms with Gasteiger partial charge in [0.2, 0.25) is 0 Å². The Morgan fingerprint density at radius 2 is 2.05 bits per heavy atom. The van der Waals surface area contributed by atoms with E-state index in [-0.39, 0.29) is 37.7 Å². The largest absolute Gasteiger partial charge is 0.495 e. The molecule has 1 aliphatic rings. The van der Waals surface area contributed by atoms with Crippen molar-refractivity contribution in [1.82, 2.24) is 5.32 Å². The molecule has 0 aromatic heterocycles. The van der Waals surface area contributed by atoms with Gasteiger partial charge in [-0.3, -0.25) is 0 Å². The molecule has 1 fully saturated rings. The Bertz CT molecular complexity index is 391. The van der Waals surface area contributed by atoms with Crippen molar-refractivity contribution in [2.24, 2.45) is 0 Å². The van der Waals surface area contributed by atoms with Crippen molar-refractivity contribution in [2.75, 3.05) is 43.7 Å². The minimum absolute atomic E-state index is 0. The quantitative estimate of drug-likeness (QED) is 0.329. The maximum Gasteiger partial charge on any atom is 0.142 e. The summed E-state index contributed by atoms with van der Waals surface area (Å²) < 4.78 is 9.60. The fourth-order valence-corrected chi connectivity index (χ4v) is 2.01. The van der Waals surface area contributed by atoms with Gasteiger partial charge in [0.05, 0.1) is 18.5 Å². The van der Waals surface area contributed by atoms with Crippen LogP contribution in [0.2, 0.25) is 0 Å². The van der Waals surface area contributed by atoms with Gasteiger partial charge in [-0.2, -0.15) is 0 Å². The van der Waals surface area contributed by atoms with E-state index in [1.807, 2.05) is 18.2 Å². The Morgan fingerprint density at radius 3 is 2.68 bits per heavy atom. The first-order valence-electron chi connectivity index (χ1n) is 5.72. The van der Waals surface area contributed by atoms with Crippen molar-refractivity contribution < 1.29 is 51.8 Å². The molecule has 8 heteroatoms. The van der Waals surface area contributed by atoms with Gasteiger partial charge in [-0.25, -0.2) is 5.48 Å². The molecule has 1 aromatic rings. The molecular weight excluding hydrogens is 294 g/mol. The summed E-state index contributed by atoms with van der Waals surface area (Å²) in [6.07, 6.45) is 0. The summed E-state index contributed by atoms with van der Waals surface area (Å²) in [5, 5.41) is 3.32. The van der Waals surface area contributed by atoms with Crippen molar-refractivity contribution in [3.05, 3.63) is 18.2 Å². The minimum Gasteiger partial charge on any atom is -0.495 e. The maximum atomic E-state index is 5.38. The maximum absolute atomic E-state index is 5.38. The van der Waals surface area contributed by atoms with Gasteiger partial charge in [0.25, 0.3) is 0 Å². The fraction of sp³-hybridized carbons (Fsp3) is 0.455. The van der Waals surface area contributed by atoms with E-state index in [1.165, 1.54) is 0 Å². The van der Waals surface area contributed by atoms with Crippen LogP contribution in [0.25, 0.3) is 0 Å². The van der Waals surface area contributed by atoms with Crippen molar-refractivity contribution in [1.29, 1.82) is 0 Å². The van der Waals surface area contributed by atoms with Crippen LogP contribution in [0.15, 0.2) is 18.2 Å². The van der Waals surface area contributed by atoms with E-state index < -0.39 is 0 Å². The van der Waals surface area contributed by atoms with Crippen LogP contribution in [0.4, 0.5) is 11.4 Å². The summed E-state index contributed by atoms with van der Waals surface area (Å²) in [6.45, 7) is 3.83. The number of methoxy groups -OCH3 is 1. The number of nitrogens with one attached hydrogen (secondary N) is 2. The van der Waals surface area contributed by atoms with Gasteiger partial charge in [-0.15, -0.1) is 9.32 Å². The van der Waals surface area contributed by atoms with E-state index in [1.54, 1.807) is 7.11 Å². The van der Waals surface area contributed by atoms with Gasteiger partial charge in [0.15, 0.2) is 0 Å². The number of nitrogens with zero attached hydrogens (tertiary/aromatic N) is 1. The Hall–Kier alpha value is 0.110. The van der Waals surface area contributed by atoms with Crippen molar-refractivity contribution in [2.45, 2.75) is 0 Å². The van der Waals surface area contributed by atoms with Crippen LogP contribution in [-0.4, -0.2) is 33.3 Å². The fourth-order valence-electron chi connectivity index (χ4n) is 1.97. The van der Waals surface area contributed by atoms with Crippen LogP contribution >= 0.6 is 12.9 Å². The zero-order valence-corrected chi connectivity index (χ0v) is 12.1. The van der Waals surface area contributed by atoms with E-state index in [4.69, 9.17) is 4.74 Å². The van der Waals surface area contributed by atoms with E-state index in [9.17, 15) is 0 Å². The number of rotatable bonds is 5. The monoisotopic (exact) mass is 311 g/mol. The number of anilines is 2. The van der Waals surface area contributed by atoms with Gasteiger partial charge >= 0.3 is 0 Å². The minimum atomic E-state index is 0. The van der Waals surface area contributed by atoms with Crippen LogP contribution in [0, 0.1) is 37.7 Å². The summed E-state index contributed by atoms with van der Waals surface area (Å²) in [5.41, 5.74) is 4.44. The molecule has 1 heterocycles. The molecule has 0 spiro atoms. The van der Waals surface area contributed by atoms with E-state index >= 15 is 0 Å². The molecule has 0 saturated carbocycles. The topological polar surface area (TPSA) is 55.0 Å². The molecule has 0 bridgehead atoms. The molecule has 0 atom stereocenters. The third-order valence-corrected chi connectivity index (χ3v) is 2.91. The number of piperazine rings is 1. The first-order valence-corrected chi connectivity index (χ1v) is 6.08. The second-order valence-corrected chi connectivity index (χ2v) is 4.03. The molecule has 2 rings (SSSR count). The van der Waals surface area contributed by atoms with Crippen LogP contribution < -0.4 is 20.4 Å². The van der Waals surface area contributed by atoms with Gasteiger partial charge in [0, 0.05) is 76.8 Å². The van der Waals surface area contributed by atoms with Crippen molar-refractivity contribution >= 4 is 24.3 Å². The number of ether oxygens (including phenoxy) is 1. The van der Waals surface area contributed by atoms with Gasteiger partial charge in [-0.05, 0) is 18.2 Å². The number of thiol groups is 1. The molecule has 108 valence electrons. The molecule has 6 nitrogen and oxygen atoms in total. The van der Waals surface area contributed by atoms with E-state index in [0.29, 0.717) is 0 Å².